The van der Waals surface area contributed by atoms with Crippen molar-refractivity contribution in [1.82, 2.24) is 9.88 Å². The van der Waals surface area contributed by atoms with Gasteiger partial charge in [-0.15, -0.1) is 0 Å². The van der Waals surface area contributed by atoms with Gasteiger partial charge in [-0.2, -0.15) is 0 Å². The van der Waals surface area contributed by atoms with Crippen LogP contribution in [0.15, 0.2) is 35.8 Å². The van der Waals surface area contributed by atoms with E-state index in [9.17, 15) is 4.79 Å². The number of rotatable bonds is 4. The van der Waals surface area contributed by atoms with Crippen molar-refractivity contribution >= 4 is 0 Å². The van der Waals surface area contributed by atoms with Crippen LogP contribution in [0.2, 0.25) is 0 Å². The van der Waals surface area contributed by atoms with Gasteiger partial charge in [0.05, 0.1) is 0 Å². The topological polar surface area (TPSA) is 43.3 Å². The summed E-state index contributed by atoms with van der Waals surface area (Å²) >= 11 is 0. The number of nitrogens with one attached hydrogen (secondary N) is 1. The van der Waals surface area contributed by atoms with Crippen molar-refractivity contribution in [1.29, 1.82) is 0 Å². The summed E-state index contributed by atoms with van der Waals surface area (Å²) in [6.45, 7) is 5.88. The maximum atomic E-state index is 12.2. The van der Waals surface area contributed by atoms with Gasteiger partial charge in [0.25, 0.3) is 5.56 Å². The zero-order valence-corrected chi connectivity index (χ0v) is 9.89. The van der Waals surface area contributed by atoms with E-state index in [-0.39, 0.29) is 11.6 Å². The molecule has 4 heteroatoms. The zero-order chi connectivity index (χ0) is 12.1. The van der Waals surface area contributed by atoms with Crippen LogP contribution in [0, 0.1) is 0 Å². The fourth-order valence-electron chi connectivity index (χ4n) is 2.12. The standard InChI is InChI=1S/C13H18N2O2/c1-2-10-17-12-4-3-9-15(13(12)16)11-5-7-14-8-6-11/h2-4,9,11,14H,1,5-8,10H2. The molecule has 0 aliphatic carbocycles. The number of nitrogens with zero attached hydrogens (tertiary/aromatic N) is 1. The second kappa shape index (κ2) is 5.68. The highest BCUT2D eigenvalue weighted by Crippen LogP contribution is 2.17. The lowest BCUT2D eigenvalue weighted by Gasteiger charge is -2.24. The molecule has 0 saturated carbocycles. The third-order valence-electron chi connectivity index (χ3n) is 3.00. The van der Waals surface area contributed by atoms with Crippen molar-refractivity contribution in [3.05, 3.63) is 41.3 Å². The Hall–Kier alpha value is -1.55. The SMILES string of the molecule is C=CCOc1cccn(C2CCNCC2)c1=O. The number of ether oxygens (including phenoxy) is 1. The van der Waals surface area contributed by atoms with Gasteiger partial charge in [0.15, 0.2) is 5.75 Å². The minimum absolute atomic E-state index is 0.0405. The molecule has 0 spiro atoms. The number of hydrogen-bond acceptors (Lipinski definition) is 3. The molecule has 0 aromatic carbocycles. The van der Waals surface area contributed by atoms with Crippen LogP contribution in [-0.2, 0) is 0 Å². The van der Waals surface area contributed by atoms with Crippen LogP contribution in [0.3, 0.4) is 0 Å². The Bertz CT molecular complexity index is 433. The number of piperidine rings is 1. The highest BCUT2D eigenvalue weighted by atomic mass is 16.5. The summed E-state index contributed by atoms with van der Waals surface area (Å²) in [5.74, 6) is 0.408. The van der Waals surface area contributed by atoms with Crippen LogP contribution < -0.4 is 15.6 Å². The highest BCUT2D eigenvalue weighted by Gasteiger charge is 2.16. The van der Waals surface area contributed by atoms with Gasteiger partial charge >= 0.3 is 0 Å². The van der Waals surface area contributed by atoms with Gasteiger partial charge in [-0.1, -0.05) is 12.7 Å². The first-order valence-electron chi connectivity index (χ1n) is 5.98. The first kappa shape index (κ1) is 11.9. The lowest BCUT2D eigenvalue weighted by Crippen LogP contribution is -2.34. The molecule has 4 nitrogen and oxygen atoms in total. The van der Waals surface area contributed by atoms with Gasteiger partial charge in [0.1, 0.15) is 6.61 Å². The van der Waals surface area contributed by atoms with Crippen LogP contribution in [0.4, 0.5) is 0 Å². The van der Waals surface area contributed by atoms with Gasteiger partial charge in [-0.05, 0) is 38.1 Å². The van der Waals surface area contributed by atoms with Crippen LogP contribution in [0.25, 0.3) is 0 Å². The van der Waals surface area contributed by atoms with E-state index in [2.05, 4.69) is 11.9 Å². The van der Waals surface area contributed by atoms with E-state index < -0.39 is 0 Å². The molecule has 0 radical (unpaired) electrons. The van der Waals surface area contributed by atoms with Crippen molar-refractivity contribution in [2.24, 2.45) is 0 Å². The molecule has 1 aromatic heterocycles. The van der Waals surface area contributed by atoms with E-state index in [4.69, 9.17) is 4.74 Å². The molecule has 1 aliphatic rings. The normalized spacial score (nSPS) is 16.7. The average molecular weight is 234 g/mol. The lowest BCUT2D eigenvalue weighted by atomic mass is 10.1. The van der Waals surface area contributed by atoms with Crippen LogP contribution in [-0.4, -0.2) is 24.3 Å². The Morgan fingerprint density at radius 3 is 3.00 bits per heavy atom. The molecule has 0 unspecified atom stereocenters. The first-order valence-corrected chi connectivity index (χ1v) is 5.98. The van der Waals surface area contributed by atoms with E-state index in [0.717, 1.165) is 25.9 Å². The average Bonchev–Trinajstić information content (AvgIpc) is 2.39. The van der Waals surface area contributed by atoms with Gasteiger partial charge in [-0.25, -0.2) is 0 Å². The fourth-order valence-corrected chi connectivity index (χ4v) is 2.12. The minimum Gasteiger partial charge on any atom is -0.484 e. The van der Waals surface area contributed by atoms with Crippen molar-refractivity contribution in [3.63, 3.8) is 0 Å². The van der Waals surface area contributed by atoms with Gasteiger partial charge < -0.3 is 14.6 Å². The molecular weight excluding hydrogens is 216 g/mol. The van der Waals surface area contributed by atoms with Crippen LogP contribution >= 0.6 is 0 Å². The summed E-state index contributed by atoms with van der Waals surface area (Å²) in [7, 11) is 0. The number of pyridine rings is 1. The molecule has 1 N–H and O–H groups in total. The summed E-state index contributed by atoms with van der Waals surface area (Å²) in [6.07, 6.45) is 5.47. The Labute approximate surface area is 101 Å². The highest BCUT2D eigenvalue weighted by molar-refractivity contribution is 5.18. The predicted molar refractivity (Wildman–Crippen MR) is 67.5 cm³/mol. The van der Waals surface area contributed by atoms with E-state index in [1.807, 2.05) is 12.3 Å². The third-order valence-corrected chi connectivity index (χ3v) is 3.00. The summed E-state index contributed by atoms with van der Waals surface area (Å²) in [4.78, 5) is 12.2. The Morgan fingerprint density at radius 1 is 1.53 bits per heavy atom. The maximum absolute atomic E-state index is 12.2. The van der Waals surface area contributed by atoms with E-state index >= 15 is 0 Å². The molecule has 0 amide bonds. The summed E-state index contributed by atoms with van der Waals surface area (Å²) < 4.78 is 7.14. The fraction of sp³-hybridized carbons (Fsp3) is 0.462. The molecule has 0 atom stereocenters. The van der Waals surface area contributed by atoms with Crippen LogP contribution in [0.5, 0.6) is 5.75 Å². The molecule has 1 fully saturated rings. The molecule has 2 rings (SSSR count). The van der Waals surface area contributed by atoms with E-state index in [1.165, 1.54) is 0 Å². The lowest BCUT2D eigenvalue weighted by molar-refractivity contribution is 0.330. The maximum Gasteiger partial charge on any atom is 0.293 e. The number of hydrogen-bond donors (Lipinski definition) is 1. The van der Waals surface area contributed by atoms with Crippen molar-refractivity contribution in [2.75, 3.05) is 19.7 Å². The Morgan fingerprint density at radius 2 is 2.29 bits per heavy atom. The van der Waals surface area contributed by atoms with Gasteiger partial charge in [0, 0.05) is 12.2 Å². The molecular formula is C13H18N2O2. The van der Waals surface area contributed by atoms with Crippen molar-refractivity contribution in [2.45, 2.75) is 18.9 Å². The number of aromatic nitrogens is 1. The quantitative estimate of drug-likeness (QED) is 0.799. The smallest absolute Gasteiger partial charge is 0.293 e. The Balaban J connectivity index is 2.21. The zero-order valence-electron chi connectivity index (χ0n) is 9.89. The molecule has 2 heterocycles. The van der Waals surface area contributed by atoms with Gasteiger partial charge in [0.2, 0.25) is 0 Å². The monoisotopic (exact) mass is 234 g/mol. The molecule has 92 valence electrons. The second-order valence-electron chi connectivity index (χ2n) is 4.17. The molecule has 1 aliphatic heterocycles. The Kier molecular flexibility index (Phi) is 3.98. The van der Waals surface area contributed by atoms with Crippen molar-refractivity contribution in [3.8, 4) is 5.75 Å². The summed E-state index contributed by atoms with van der Waals surface area (Å²) in [5.41, 5.74) is -0.0405. The third kappa shape index (κ3) is 2.77. The molecule has 1 saturated heterocycles. The molecule has 17 heavy (non-hydrogen) atoms. The molecule has 0 bridgehead atoms. The largest absolute Gasteiger partial charge is 0.484 e. The van der Waals surface area contributed by atoms with Crippen LogP contribution in [0.1, 0.15) is 18.9 Å². The second-order valence-corrected chi connectivity index (χ2v) is 4.17. The van der Waals surface area contributed by atoms with Crippen molar-refractivity contribution < 1.29 is 4.74 Å². The van der Waals surface area contributed by atoms with E-state index in [0.29, 0.717) is 12.4 Å². The first-order chi connectivity index (χ1) is 8.33. The predicted octanol–water partition coefficient (Wildman–Crippen LogP) is 1.34. The van der Waals surface area contributed by atoms with E-state index in [1.54, 1.807) is 16.7 Å². The summed E-state index contributed by atoms with van der Waals surface area (Å²) in [5, 5.41) is 3.29. The van der Waals surface area contributed by atoms with Gasteiger partial charge in [-0.3, -0.25) is 4.79 Å². The summed E-state index contributed by atoms with van der Waals surface area (Å²) in [6, 6.07) is 3.86. The minimum atomic E-state index is -0.0405. The molecule has 1 aromatic rings.